The molecule has 1 aromatic carbocycles. The van der Waals surface area contributed by atoms with Gasteiger partial charge in [0.05, 0.1) is 31.3 Å². The Labute approximate surface area is 138 Å². The number of methoxy groups -OCH3 is 1. The van der Waals surface area contributed by atoms with Gasteiger partial charge in [-0.1, -0.05) is 5.92 Å². The number of carbonyl (C=O) groups is 2. The second-order valence-corrected chi connectivity index (χ2v) is 4.27. The molecule has 0 radical (unpaired) electrons. The van der Waals surface area contributed by atoms with Crippen LogP contribution in [0.15, 0.2) is 12.1 Å². The van der Waals surface area contributed by atoms with E-state index < -0.39 is 29.1 Å². The fourth-order valence-corrected chi connectivity index (χ4v) is 1.70. The van der Waals surface area contributed by atoms with Crippen molar-refractivity contribution in [1.29, 1.82) is 0 Å². The summed E-state index contributed by atoms with van der Waals surface area (Å²) < 4.78 is 15.0. The molecule has 9 nitrogen and oxygen atoms in total. The van der Waals surface area contributed by atoms with Gasteiger partial charge < -0.3 is 19.5 Å². The number of nitro groups is 1. The first-order valence-corrected chi connectivity index (χ1v) is 6.81. The Bertz CT molecular complexity index is 679. The molecule has 0 unspecified atom stereocenters. The molecule has 9 heteroatoms. The van der Waals surface area contributed by atoms with Gasteiger partial charge >= 0.3 is 5.97 Å². The van der Waals surface area contributed by atoms with Crippen molar-refractivity contribution in [2.24, 2.45) is 0 Å². The summed E-state index contributed by atoms with van der Waals surface area (Å²) in [5, 5.41) is 13.4. The highest BCUT2D eigenvalue weighted by molar-refractivity contribution is 5.96. The van der Waals surface area contributed by atoms with Gasteiger partial charge in [0.2, 0.25) is 0 Å². The van der Waals surface area contributed by atoms with E-state index in [1.54, 1.807) is 6.92 Å². The van der Waals surface area contributed by atoms with Crippen LogP contribution in [0.1, 0.15) is 17.3 Å². The van der Waals surface area contributed by atoms with Crippen LogP contribution in [0.4, 0.5) is 5.69 Å². The van der Waals surface area contributed by atoms with Crippen molar-refractivity contribution < 1.29 is 28.7 Å². The average Bonchev–Trinajstić information content (AvgIpc) is 2.57. The Kier molecular flexibility index (Phi) is 7.03. The summed E-state index contributed by atoms with van der Waals surface area (Å²) in [5.74, 6) is 0.772. The number of terminal acetylenes is 1. The number of carbonyl (C=O) groups excluding carboxylic acids is 2. The van der Waals surface area contributed by atoms with Crippen molar-refractivity contribution in [3.63, 3.8) is 0 Å². The summed E-state index contributed by atoms with van der Waals surface area (Å²) in [4.78, 5) is 33.8. The van der Waals surface area contributed by atoms with Gasteiger partial charge in [-0.25, -0.2) is 4.79 Å². The number of amides is 1. The molecular weight excluding hydrogens is 320 g/mol. The lowest BCUT2D eigenvalue weighted by molar-refractivity contribution is -0.385. The van der Waals surface area contributed by atoms with Crippen molar-refractivity contribution in [3.05, 3.63) is 27.8 Å². The molecule has 0 bridgehead atoms. The average molecular weight is 336 g/mol. The van der Waals surface area contributed by atoms with Crippen LogP contribution in [0, 0.1) is 22.5 Å². The highest BCUT2D eigenvalue weighted by atomic mass is 16.6. The van der Waals surface area contributed by atoms with Gasteiger partial charge in [0.15, 0.2) is 18.1 Å². The summed E-state index contributed by atoms with van der Waals surface area (Å²) in [6, 6.07) is 2.20. The number of benzene rings is 1. The second kappa shape index (κ2) is 8.99. The number of rotatable bonds is 8. The van der Waals surface area contributed by atoms with Crippen molar-refractivity contribution in [3.8, 4) is 23.8 Å². The summed E-state index contributed by atoms with van der Waals surface area (Å²) in [6.07, 6.45) is 4.98. The molecule has 0 aliphatic rings. The number of nitro benzene ring substituents is 1. The molecule has 0 spiro atoms. The first-order valence-electron chi connectivity index (χ1n) is 6.81. The van der Waals surface area contributed by atoms with E-state index in [1.807, 2.05) is 0 Å². The molecule has 1 rings (SSSR count). The van der Waals surface area contributed by atoms with E-state index in [1.165, 1.54) is 7.11 Å². The van der Waals surface area contributed by atoms with E-state index in [-0.39, 0.29) is 30.2 Å². The van der Waals surface area contributed by atoms with E-state index in [2.05, 4.69) is 11.2 Å². The number of nitrogens with one attached hydrogen (secondary N) is 1. The fraction of sp³-hybridized carbons (Fsp3) is 0.333. The maximum absolute atomic E-state index is 12.1. The highest BCUT2D eigenvalue weighted by Crippen LogP contribution is 2.35. The lowest BCUT2D eigenvalue weighted by atomic mass is 10.1. The molecule has 0 aliphatic heterocycles. The standard InChI is InChI=1S/C15H16N2O7/c1-4-6-16-14(18)9-24-15(19)10-7-13(23-5-2)12(22-3)8-11(10)17(20)21/h1,7-8H,5-6,9H2,2-3H3,(H,16,18). The third-order valence-corrected chi connectivity index (χ3v) is 2.72. The molecule has 1 aromatic rings. The molecule has 1 N–H and O–H groups in total. The van der Waals surface area contributed by atoms with Gasteiger partial charge in [-0.05, 0) is 6.92 Å². The lowest BCUT2D eigenvalue weighted by Gasteiger charge is -2.11. The van der Waals surface area contributed by atoms with Crippen LogP contribution >= 0.6 is 0 Å². The summed E-state index contributed by atoms with van der Waals surface area (Å²) in [7, 11) is 1.31. The van der Waals surface area contributed by atoms with Gasteiger partial charge in [-0.15, -0.1) is 6.42 Å². The molecule has 0 heterocycles. The Hall–Kier alpha value is -3.28. The zero-order valence-electron chi connectivity index (χ0n) is 13.2. The number of hydrogen-bond acceptors (Lipinski definition) is 7. The first-order chi connectivity index (χ1) is 11.4. The van der Waals surface area contributed by atoms with E-state index in [4.69, 9.17) is 20.6 Å². The Balaban J connectivity index is 3.04. The molecule has 1 amide bonds. The SMILES string of the molecule is C#CCNC(=O)COC(=O)c1cc(OCC)c(OC)cc1[N+](=O)[O-]. The van der Waals surface area contributed by atoms with Gasteiger partial charge in [-0.3, -0.25) is 14.9 Å². The Morgan fingerprint density at radius 1 is 1.38 bits per heavy atom. The smallest absolute Gasteiger partial charge is 0.345 e. The molecule has 0 saturated heterocycles. The van der Waals surface area contributed by atoms with Crippen LogP contribution in [0.2, 0.25) is 0 Å². The van der Waals surface area contributed by atoms with Crippen molar-refractivity contribution >= 4 is 17.6 Å². The summed E-state index contributed by atoms with van der Waals surface area (Å²) in [6.45, 7) is 1.33. The predicted molar refractivity (Wildman–Crippen MR) is 82.9 cm³/mol. The highest BCUT2D eigenvalue weighted by Gasteiger charge is 2.26. The second-order valence-electron chi connectivity index (χ2n) is 4.27. The molecule has 0 fully saturated rings. The lowest BCUT2D eigenvalue weighted by Crippen LogP contribution is -2.29. The Morgan fingerprint density at radius 2 is 2.08 bits per heavy atom. The van der Waals surface area contributed by atoms with E-state index >= 15 is 0 Å². The number of esters is 1. The predicted octanol–water partition coefficient (Wildman–Crippen LogP) is 0.908. The summed E-state index contributed by atoms with van der Waals surface area (Å²) in [5.41, 5.74) is -0.877. The van der Waals surface area contributed by atoms with Crippen LogP contribution in [-0.4, -0.2) is 43.7 Å². The zero-order chi connectivity index (χ0) is 18.1. The van der Waals surface area contributed by atoms with E-state index in [0.29, 0.717) is 0 Å². The van der Waals surface area contributed by atoms with E-state index in [0.717, 1.165) is 12.1 Å². The third-order valence-electron chi connectivity index (χ3n) is 2.72. The van der Waals surface area contributed by atoms with Crippen molar-refractivity contribution in [2.45, 2.75) is 6.92 Å². The fourth-order valence-electron chi connectivity index (χ4n) is 1.70. The van der Waals surface area contributed by atoms with Gasteiger partial charge in [0.1, 0.15) is 5.56 Å². The number of ether oxygens (including phenoxy) is 3. The minimum atomic E-state index is -1.04. The minimum Gasteiger partial charge on any atom is -0.493 e. The molecule has 0 aliphatic carbocycles. The maximum atomic E-state index is 12.1. The number of hydrogen-bond donors (Lipinski definition) is 1. The largest absolute Gasteiger partial charge is 0.493 e. The topological polar surface area (TPSA) is 117 Å². The molecular formula is C15H16N2O7. The maximum Gasteiger partial charge on any atom is 0.345 e. The van der Waals surface area contributed by atoms with Gasteiger partial charge in [0.25, 0.3) is 11.6 Å². The van der Waals surface area contributed by atoms with Crippen LogP contribution in [0.5, 0.6) is 11.5 Å². The quantitative estimate of drug-likeness (QED) is 0.324. The zero-order valence-corrected chi connectivity index (χ0v) is 13.2. The van der Waals surface area contributed by atoms with Gasteiger partial charge in [0, 0.05) is 6.07 Å². The molecule has 0 atom stereocenters. The van der Waals surface area contributed by atoms with Crippen molar-refractivity contribution in [1.82, 2.24) is 5.32 Å². The molecule has 0 aromatic heterocycles. The van der Waals surface area contributed by atoms with Crippen LogP contribution < -0.4 is 14.8 Å². The normalized spacial score (nSPS) is 9.54. The van der Waals surface area contributed by atoms with Crippen LogP contribution in [0.3, 0.4) is 0 Å². The van der Waals surface area contributed by atoms with E-state index in [9.17, 15) is 19.7 Å². The van der Waals surface area contributed by atoms with Crippen molar-refractivity contribution in [2.75, 3.05) is 26.9 Å². The Morgan fingerprint density at radius 3 is 2.62 bits per heavy atom. The van der Waals surface area contributed by atoms with Crippen LogP contribution in [0.25, 0.3) is 0 Å². The van der Waals surface area contributed by atoms with Gasteiger partial charge in [-0.2, -0.15) is 0 Å². The molecule has 0 saturated carbocycles. The minimum absolute atomic E-state index is 0.0203. The molecule has 128 valence electrons. The third kappa shape index (κ3) is 4.88. The first kappa shape index (κ1) is 18.8. The molecule has 24 heavy (non-hydrogen) atoms. The number of nitrogens with zero attached hydrogens (tertiary/aromatic N) is 1. The monoisotopic (exact) mass is 336 g/mol. The van der Waals surface area contributed by atoms with Crippen LogP contribution in [-0.2, 0) is 9.53 Å². The summed E-state index contributed by atoms with van der Waals surface area (Å²) >= 11 is 0.